The molecule has 0 aliphatic carbocycles. The van der Waals surface area contributed by atoms with Crippen molar-refractivity contribution in [3.63, 3.8) is 0 Å². The zero-order valence-corrected chi connectivity index (χ0v) is 40.3. The van der Waals surface area contributed by atoms with Gasteiger partial charge >= 0.3 is 0 Å². The quantitative estimate of drug-likeness (QED) is 0.0893. The molecule has 14 nitrogen and oxygen atoms in total. The largest absolute Gasteiger partial charge is 0.382 e. The number of para-hydroxylation sites is 1. The van der Waals surface area contributed by atoms with Crippen molar-refractivity contribution in [1.29, 1.82) is 0 Å². The number of anilines is 1. The van der Waals surface area contributed by atoms with Crippen LogP contribution in [0.15, 0.2) is 60.7 Å². The van der Waals surface area contributed by atoms with Crippen LogP contribution in [0.4, 0.5) is 5.69 Å². The maximum atomic E-state index is 5.43. The second-order valence-electron chi connectivity index (χ2n) is 15.7. The van der Waals surface area contributed by atoms with Crippen molar-refractivity contribution in [3.8, 4) is 0 Å². The summed E-state index contributed by atoms with van der Waals surface area (Å²) in [6.45, 7) is 20.8. The van der Waals surface area contributed by atoms with Crippen molar-refractivity contribution >= 4 is 5.69 Å². The zero-order valence-electron chi connectivity index (χ0n) is 40.3. The first-order valence-corrected chi connectivity index (χ1v) is 23.8. The van der Waals surface area contributed by atoms with Crippen molar-refractivity contribution in [1.82, 2.24) is 14.7 Å². The van der Waals surface area contributed by atoms with Gasteiger partial charge in [0.25, 0.3) is 0 Å². The summed E-state index contributed by atoms with van der Waals surface area (Å²) in [7, 11) is 6.19. The van der Waals surface area contributed by atoms with Crippen LogP contribution in [0, 0.1) is 0 Å². The molecule has 1 unspecified atom stereocenters. The normalized spacial score (nSPS) is 15.7. The number of hydrogen-bond donors (Lipinski definition) is 7. The Morgan fingerprint density at radius 3 is 1.63 bits per heavy atom. The smallest absolute Gasteiger partial charge is 0.0698 e. The second-order valence-corrected chi connectivity index (χ2v) is 15.7. The Labute approximate surface area is 380 Å². The van der Waals surface area contributed by atoms with Gasteiger partial charge in [-0.05, 0) is 168 Å². The minimum atomic E-state index is 0.375. The molecule has 0 saturated carbocycles. The Kier molecular flexibility index (Phi) is 49.6. The number of morpholine rings is 1. The molecular formula is C48H99N11O3. The Hall–Kier alpha value is -2.28. The number of rotatable bonds is 21. The minimum absolute atomic E-state index is 0.375. The summed E-state index contributed by atoms with van der Waals surface area (Å²) >= 11 is 0. The van der Waals surface area contributed by atoms with Gasteiger partial charge in [0, 0.05) is 71.8 Å². The summed E-state index contributed by atoms with van der Waals surface area (Å²) in [5.74, 6) is 0. The molecular weight excluding hydrogens is 779 g/mol. The summed E-state index contributed by atoms with van der Waals surface area (Å²) in [6.07, 6.45) is 13.2. The molecule has 0 aromatic heterocycles. The lowest BCUT2D eigenvalue weighted by Gasteiger charge is -2.26. The van der Waals surface area contributed by atoms with E-state index in [9.17, 15) is 0 Å². The standard InChI is InChI=1S/C10H16N2.C10H15N.C7H16N2O.C6H14N2.C5H14N2.C5H11NO.C5H13NO/c1-12(9-5-8-11)10-6-3-2-4-7-10;11-9-5-4-8-10-6-2-1-3-7-10;8-2-1-3-9-4-6-10-7-5-9;7-3-6-8-4-1-2-5-8;1-7(2)5-3-4-6;6-4-5-2-1-3-7-5;1-2-7-5-3-4-6/h2-4,6-7H,5,8-9,11H2,1H3;1-3,6-7H,4-5,8-9,11H2;1-8H2;1-7H2;3-6H2,1-2H3;5H,1-4,6H2;2-6H2,1H3. The fourth-order valence-corrected chi connectivity index (χ4v) is 6.15. The third-order valence-corrected chi connectivity index (χ3v) is 9.88. The van der Waals surface area contributed by atoms with E-state index < -0.39 is 0 Å². The molecule has 1 atom stereocenters. The van der Waals surface area contributed by atoms with E-state index in [0.717, 1.165) is 157 Å². The molecule has 2 aromatic rings. The van der Waals surface area contributed by atoms with Gasteiger partial charge in [0.15, 0.2) is 0 Å². The molecule has 0 radical (unpaired) electrons. The number of ether oxygens (including phenoxy) is 3. The van der Waals surface area contributed by atoms with E-state index in [1.165, 1.54) is 50.0 Å². The van der Waals surface area contributed by atoms with E-state index in [0.29, 0.717) is 12.6 Å². The summed E-state index contributed by atoms with van der Waals surface area (Å²) in [4.78, 5) is 9.16. The molecule has 5 rings (SSSR count). The van der Waals surface area contributed by atoms with Gasteiger partial charge in [-0.1, -0.05) is 48.5 Å². The maximum Gasteiger partial charge on any atom is 0.0698 e. The van der Waals surface area contributed by atoms with Crippen molar-refractivity contribution in [3.05, 3.63) is 66.2 Å². The molecule has 14 heteroatoms. The molecule has 3 heterocycles. The summed E-state index contributed by atoms with van der Waals surface area (Å²) in [6, 6.07) is 20.9. The molecule has 3 aliphatic heterocycles. The van der Waals surface area contributed by atoms with Crippen molar-refractivity contribution in [2.45, 2.75) is 83.7 Å². The molecule has 3 saturated heterocycles. The van der Waals surface area contributed by atoms with E-state index in [1.807, 2.05) is 31.2 Å². The number of unbranched alkanes of at least 4 members (excludes halogenated alkanes) is 1. The summed E-state index contributed by atoms with van der Waals surface area (Å²) < 4.78 is 15.4. The lowest BCUT2D eigenvalue weighted by atomic mass is 10.1. The van der Waals surface area contributed by atoms with Crippen LogP contribution in [0.25, 0.3) is 0 Å². The molecule has 3 aliphatic rings. The first kappa shape index (κ1) is 61.8. The predicted molar refractivity (Wildman–Crippen MR) is 268 cm³/mol. The second kappa shape index (κ2) is 49.7. The Bertz CT molecular complexity index is 1090. The number of nitrogens with two attached hydrogens (primary N) is 7. The fourth-order valence-electron chi connectivity index (χ4n) is 6.15. The van der Waals surface area contributed by atoms with E-state index in [-0.39, 0.29) is 0 Å². The van der Waals surface area contributed by atoms with Gasteiger partial charge in [0.05, 0.1) is 19.3 Å². The van der Waals surface area contributed by atoms with Crippen LogP contribution in [-0.2, 0) is 20.6 Å². The van der Waals surface area contributed by atoms with Gasteiger partial charge in [-0.15, -0.1) is 0 Å². The third kappa shape index (κ3) is 43.0. The zero-order chi connectivity index (χ0) is 46.2. The number of hydrogen-bond acceptors (Lipinski definition) is 14. The van der Waals surface area contributed by atoms with Gasteiger partial charge in [-0.2, -0.15) is 0 Å². The average Bonchev–Trinajstić information content (AvgIpc) is 4.05. The SMILES string of the molecule is CCOCCCN.CN(C)CCCN.CN(CCCN)c1ccccc1.NCC1CCCO1.NCCCCc1ccccc1.NCCCN1CCOCC1.NCCN1CCCC1. The van der Waals surface area contributed by atoms with Crippen LogP contribution in [0.2, 0.25) is 0 Å². The summed E-state index contributed by atoms with van der Waals surface area (Å²) in [5.41, 5.74) is 40.0. The van der Waals surface area contributed by atoms with Gasteiger partial charge in [-0.25, -0.2) is 0 Å². The topological polar surface area (TPSA) is 223 Å². The molecule has 14 N–H and O–H groups in total. The first-order valence-electron chi connectivity index (χ1n) is 23.8. The highest BCUT2D eigenvalue weighted by molar-refractivity contribution is 5.44. The van der Waals surface area contributed by atoms with Crippen molar-refractivity contribution in [2.75, 3.05) is 157 Å². The van der Waals surface area contributed by atoms with E-state index >= 15 is 0 Å². The minimum Gasteiger partial charge on any atom is -0.382 e. The monoisotopic (exact) mass is 878 g/mol. The van der Waals surface area contributed by atoms with Crippen LogP contribution in [0.3, 0.4) is 0 Å². The van der Waals surface area contributed by atoms with Gasteiger partial charge in [-0.3, -0.25) is 4.90 Å². The van der Waals surface area contributed by atoms with Gasteiger partial charge < -0.3 is 69.0 Å². The lowest BCUT2D eigenvalue weighted by molar-refractivity contribution is 0.0377. The summed E-state index contributed by atoms with van der Waals surface area (Å²) in [5, 5.41) is 0. The van der Waals surface area contributed by atoms with E-state index in [1.54, 1.807) is 0 Å². The maximum absolute atomic E-state index is 5.43. The van der Waals surface area contributed by atoms with E-state index in [4.69, 9.17) is 54.3 Å². The van der Waals surface area contributed by atoms with Crippen LogP contribution < -0.4 is 45.0 Å². The Morgan fingerprint density at radius 1 is 0.597 bits per heavy atom. The van der Waals surface area contributed by atoms with E-state index in [2.05, 4.69) is 77.1 Å². The van der Waals surface area contributed by atoms with Crippen LogP contribution >= 0.6 is 0 Å². The Balaban J connectivity index is 0. The van der Waals surface area contributed by atoms with Crippen LogP contribution in [0.5, 0.6) is 0 Å². The number of benzene rings is 2. The molecule has 0 bridgehead atoms. The molecule has 0 spiro atoms. The highest BCUT2D eigenvalue weighted by Crippen LogP contribution is 2.11. The Morgan fingerprint density at radius 2 is 1.16 bits per heavy atom. The number of aryl methyl sites for hydroxylation is 1. The van der Waals surface area contributed by atoms with Crippen LogP contribution in [-0.4, -0.2) is 173 Å². The highest BCUT2D eigenvalue weighted by atomic mass is 16.5. The van der Waals surface area contributed by atoms with Crippen LogP contribution in [0.1, 0.15) is 76.7 Å². The highest BCUT2D eigenvalue weighted by Gasteiger charge is 2.12. The van der Waals surface area contributed by atoms with Gasteiger partial charge in [0.2, 0.25) is 0 Å². The van der Waals surface area contributed by atoms with Crippen molar-refractivity contribution < 1.29 is 14.2 Å². The third-order valence-electron chi connectivity index (χ3n) is 9.88. The first-order chi connectivity index (χ1) is 30.3. The van der Waals surface area contributed by atoms with Crippen molar-refractivity contribution in [2.24, 2.45) is 40.1 Å². The number of likely N-dealkylation sites (tertiary alicyclic amines) is 1. The predicted octanol–water partition coefficient (Wildman–Crippen LogP) is 3.54. The molecule has 3 fully saturated rings. The fraction of sp³-hybridized carbons (Fsp3) is 0.750. The average molecular weight is 878 g/mol. The molecule has 2 aromatic carbocycles. The lowest BCUT2D eigenvalue weighted by Crippen LogP contribution is -2.37. The molecule has 364 valence electrons. The molecule has 62 heavy (non-hydrogen) atoms. The number of nitrogens with zero attached hydrogens (tertiary/aromatic N) is 4. The molecule has 0 amide bonds. The van der Waals surface area contributed by atoms with Gasteiger partial charge in [0.1, 0.15) is 0 Å².